The fourth-order valence-electron chi connectivity index (χ4n) is 2.87. The van der Waals surface area contributed by atoms with Crippen LogP contribution in [-0.2, 0) is 6.54 Å². The molecule has 0 heterocycles. The van der Waals surface area contributed by atoms with E-state index in [2.05, 4.69) is 47.6 Å². The van der Waals surface area contributed by atoms with E-state index < -0.39 is 0 Å². The molecule has 6 heteroatoms. The Morgan fingerprint density at radius 2 is 1.71 bits per heavy atom. The number of nitrogens with zero attached hydrogens (tertiary/aromatic N) is 2. The highest BCUT2D eigenvalue weighted by molar-refractivity contribution is 5.93. The minimum Gasteiger partial charge on any atom is -0.370 e. The van der Waals surface area contributed by atoms with Gasteiger partial charge in [0.2, 0.25) is 0 Å². The van der Waals surface area contributed by atoms with E-state index in [-0.39, 0.29) is 11.9 Å². The summed E-state index contributed by atoms with van der Waals surface area (Å²) in [6.45, 7) is 6.78. The lowest BCUT2D eigenvalue weighted by Crippen LogP contribution is -2.40. The third kappa shape index (κ3) is 6.30. The van der Waals surface area contributed by atoms with Gasteiger partial charge in [-0.3, -0.25) is 4.79 Å². The van der Waals surface area contributed by atoms with Crippen molar-refractivity contribution in [1.29, 1.82) is 0 Å². The summed E-state index contributed by atoms with van der Waals surface area (Å²) in [4.78, 5) is 27.7. The van der Waals surface area contributed by atoms with E-state index in [4.69, 9.17) is 0 Å². The fraction of sp³-hybridized carbons (Fsp3) is 0.364. The first-order valence-electron chi connectivity index (χ1n) is 9.54. The van der Waals surface area contributed by atoms with Crippen molar-refractivity contribution in [3.63, 3.8) is 0 Å². The van der Waals surface area contributed by atoms with Gasteiger partial charge in [0.15, 0.2) is 0 Å². The maximum Gasteiger partial charge on any atom is 0.315 e. The Balaban J connectivity index is 1.76. The van der Waals surface area contributed by atoms with Crippen molar-refractivity contribution in [2.24, 2.45) is 0 Å². The number of likely N-dealkylation sites (N-methyl/N-ethyl adjacent to an activating group) is 1. The van der Waals surface area contributed by atoms with Crippen molar-refractivity contribution >= 4 is 17.6 Å². The van der Waals surface area contributed by atoms with Gasteiger partial charge in [0.05, 0.1) is 0 Å². The third-order valence-electron chi connectivity index (χ3n) is 4.48. The molecule has 0 spiro atoms. The second-order valence-electron chi connectivity index (χ2n) is 6.92. The van der Waals surface area contributed by atoms with Gasteiger partial charge in [-0.15, -0.1) is 0 Å². The molecule has 0 saturated carbocycles. The molecule has 3 amide bonds. The minimum absolute atomic E-state index is 0.0358. The van der Waals surface area contributed by atoms with E-state index >= 15 is 0 Å². The molecule has 150 valence electrons. The number of hydrogen-bond donors (Lipinski definition) is 2. The SMILES string of the molecule is CCN(CCNC(=O)NCc1ccc(C(=O)N(C)C)cc1)c1cccc(C)c1. The van der Waals surface area contributed by atoms with Crippen LogP contribution in [0.15, 0.2) is 48.5 Å². The highest BCUT2D eigenvalue weighted by atomic mass is 16.2. The molecule has 2 aromatic carbocycles. The van der Waals surface area contributed by atoms with Gasteiger partial charge >= 0.3 is 6.03 Å². The highest BCUT2D eigenvalue weighted by Gasteiger charge is 2.08. The molecule has 0 aliphatic heterocycles. The smallest absolute Gasteiger partial charge is 0.315 e. The number of urea groups is 1. The summed E-state index contributed by atoms with van der Waals surface area (Å²) in [7, 11) is 3.45. The molecule has 0 saturated heterocycles. The van der Waals surface area contributed by atoms with Gasteiger partial charge in [-0.1, -0.05) is 24.3 Å². The maximum atomic E-state index is 12.0. The van der Waals surface area contributed by atoms with Crippen molar-refractivity contribution in [3.8, 4) is 0 Å². The number of benzene rings is 2. The van der Waals surface area contributed by atoms with Gasteiger partial charge in [-0.25, -0.2) is 4.79 Å². The second kappa shape index (κ2) is 10.3. The molecule has 0 fully saturated rings. The maximum absolute atomic E-state index is 12.0. The molecular formula is C22H30N4O2. The first-order valence-corrected chi connectivity index (χ1v) is 9.54. The summed E-state index contributed by atoms with van der Waals surface area (Å²) in [5.41, 5.74) is 3.96. The number of anilines is 1. The van der Waals surface area contributed by atoms with E-state index in [0.717, 1.165) is 24.3 Å². The number of rotatable bonds is 8. The van der Waals surface area contributed by atoms with E-state index in [1.807, 2.05) is 18.2 Å². The lowest BCUT2D eigenvalue weighted by Gasteiger charge is -2.23. The highest BCUT2D eigenvalue weighted by Crippen LogP contribution is 2.15. The Kier molecular flexibility index (Phi) is 7.87. The van der Waals surface area contributed by atoms with E-state index in [9.17, 15) is 9.59 Å². The fourth-order valence-corrected chi connectivity index (χ4v) is 2.87. The number of amides is 3. The molecule has 6 nitrogen and oxygen atoms in total. The number of nitrogens with one attached hydrogen (secondary N) is 2. The number of hydrogen-bond acceptors (Lipinski definition) is 3. The van der Waals surface area contributed by atoms with Crippen LogP contribution in [0.3, 0.4) is 0 Å². The van der Waals surface area contributed by atoms with Crippen LogP contribution in [0.1, 0.15) is 28.4 Å². The van der Waals surface area contributed by atoms with Gasteiger partial charge in [0.1, 0.15) is 0 Å². The van der Waals surface area contributed by atoms with Gasteiger partial charge in [-0.05, 0) is 49.2 Å². The van der Waals surface area contributed by atoms with E-state index in [1.165, 1.54) is 10.5 Å². The topological polar surface area (TPSA) is 64.7 Å². The van der Waals surface area contributed by atoms with Crippen LogP contribution < -0.4 is 15.5 Å². The zero-order valence-corrected chi connectivity index (χ0v) is 17.2. The van der Waals surface area contributed by atoms with E-state index in [0.29, 0.717) is 18.7 Å². The Bertz CT molecular complexity index is 787. The van der Waals surface area contributed by atoms with Gasteiger partial charge in [0, 0.05) is 51.5 Å². The molecule has 2 rings (SSSR count). The molecule has 0 atom stereocenters. The predicted molar refractivity (Wildman–Crippen MR) is 114 cm³/mol. The number of carbonyl (C=O) groups excluding carboxylic acids is 2. The summed E-state index contributed by atoms with van der Waals surface area (Å²) >= 11 is 0. The quantitative estimate of drug-likeness (QED) is 0.738. The monoisotopic (exact) mass is 382 g/mol. The zero-order chi connectivity index (χ0) is 20.5. The van der Waals surface area contributed by atoms with Crippen LogP contribution in [0, 0.1) is 6.92 Å². The van der Waals surface area contributed by atoms with Gasteiger partial charge in [-0.2, -0.15) is 0 Å². The minimum atomic E-state index is -0.200. The van der Waals surface area contributed by atoms with Crippen molar-refractivity contribution in [3.05, 3.63) is 65.2 Å². The van der Waals surface area contributed by atoms with Gasteiger partial charge in [0.25, 0.3) is 5.91 Å². The lowest BCUT2D eigenvalue weighted by atomic mass is 10.1. The van der Waals surface area contributed by atoms with Crippen LogP contribution >= 0.6 is 0 Å². The molecule has 0 aliphatic rings. The average Bonchev–Trinajstić information content (AvgIpc) is 2.69. The lowest BCUT2D eigenvalue weighted by molar-refractivity contribution is 0.0827. The molecular weight excluding hydrogens is 352 g/mol. The summed E-state index contributed by atoms with van der Waals surface area (Å²) < 4.78 is 0. The van der Waals surface area contributed by atoms with Crippen LogP contribution in [0.5, 0.6) is 0 Å². The summed E-state index contributed by atoms with van der Waals surface area (Å²) in [6.07, 6.45) is 0. The summed E-state index contributed by atoms with van der Waals surface area (Å²) in [5.74, 6) is -0.0358. The molecule has 0 unspecified atom stereocenters. The number of carbonyl (C=O) groups is 2. The Morgan fingerprint density at radius 3 is 2.32 bits per heavy atom. The van der Waals surface area contributed by atoms with Crippen molar-refractivity contribution in [1.82, 2.24) is 15.5 Å². The predicted octanol–water partition coefficient (Wildman–Crippen LogP) is 3.02. The standard InChI is InChI=1S/C22H30N4O2/c1-5-26(20-8-6-7-17(2)15-20)14-13-23-22(28)24-16-18-9-11-19(12-10-18)21(27)25(3)4/h6-12,15H,5,13-14,16H2,1-4H3,(H2,23,24,28). The Morgan fingerprint density at radius 1 is 1.00 bits per heavy atom. The van der Waals surface area contributed by atoms with Crippen molar-refractivity contribution < 1.29 is 9.59 Å². The average molecular weight is 383 g/mol. The first-order chi connectivity index (χ1) is 13.4. The first kappa shape index (κ1) is 21.3. The molecule has 28 heavy (non-hydrogen) atoms. The van der Waals surface area contributed by atoms with Crippen LogP contribution in [-0.4, -0.2) is 50.6 Å². The van der Waals surface area contributed by atoms with Crippen LogP contribution in [0.4, 0.5) is 10.5 Å². The summed E-state index contributed by atoms with van der Waals surface area (Å²) in [5, 5.41) is 5.74. The van der Waals surface area contributed by atoms with E-state index in [1.54, 1.807) is 26.2 Å². The summed E-state index contributed by atoms with van der Waals surface area (Å²) in [6, 6.07) is 15.4. The Labute approximate surface area is 167 Å². The third-order valence-corrected chi connectivity index (χ3v) is 4.48. The van der Waals surface area contributed by atoms with Crippen LogP contribution in [0.25, 0.3) is 0 Å². The van der Waals surface area contributed by atoms with Crippen molar-refractivity contribution in [2.45, 2.75) is 20.4 Å². The Hall–Kier alpha value is -3.02. The van der Waals surface area contributed by atoms with Gasteiger partial charge < -0.3 is 20.4 Å². The molecule has 0 aliphatic carbocycles. The van der Waals surface area contributed by atoms with Crippen molar-refractivity contribution in [2.75, 3.05) is 38.6 Å². The molecule has 0 aromatic heterocycles. The van der Waals surface area contributed by atoms with Crippen LogP contribution in [0.2, 0.25) is 0 Å². The number of aryl methyl sites for hydroxylation is 1. The molecule has 2 N–H and O–H groups in total. The normalized spacial score (nSPS) is 10.3. The molecule has 0 bridgehead atoms. The molecule has 0 radical (unpaired) electrons. The largest absolute Gasteiger partial charge is 0.370 e. The molecule has 2 aromatic rings. The second-order valence-corrected chi connectivity index (χ2v) is 6.92. The zero-order valence-electron chi connectivity index (χ0n) is 17.2.